The summed E-state index contributed by atoms with van der Waals surface area (Å²) in [5.41, 5.74) is 0.384. The molecular formula is C14H22N2O2. The Hall–Kier alpha value is -1.50. The Kier molecular flexibility index (Phi) is 5.70. The van der Waals surface area contributed by atoms with Crippen molar-refractivity contribution in [1.82, 2.24) is 10.6 Å². The van der Waals surface area contributed by atoms with Gasteiger partial charge in [-0.15, -0.1) is 6.42 Å². The number of terminal acetylenes is 1. The molecule has 1 aliphatic heterocycles. The molecule has 1 heterocycles. The maximum Gasteiger partial charge on any atom is 0.220 e. The number of carbonyl (C=O) groups excluding carboxylic acids is 2. The summed E-state index contributed by atoms with van der Waals surface area (Å²) in [5.74, 6) is 2.45. The van der Waals surface area contributed by atoms with Gasteiger partial charge in [0.05, 0.1) is 6.54 Å². The molecule has 0 aromatic rings. The second-order valence-electron chi connectivity index (χ2n) is 5.13. The van der Waals surface area contributed by atoms with E-state index in [1.807, 2.05) is 0 Å². The van der Waals surface area contributed by atoms with Crippen molar-refractivity contribution in [1.29, 1.82) is 0 Å². The molecule has 2 rings (SSSR count). The normalized spacial score (nSPS) is 20.3. The van der Waals surface area contributed by atoms with E-state index in [0.29, 0.717) is 12.0 Å². The van der Waals surface area contributed by atoms with Crippen LogP contribution in [0, 0.1) is 17.8 Å². The molecule has 0 bridgehead atoms. The first kappa shape index (κ1) is 14.6. The molecule has 2 fully saturated rings. The summed E-state index contributed by atoms with van der Waals surface area (Å²) in [6.07, 6.45) is 12.2. The summed E-state index contributed by atoms with van der Waals surface area (Å²) in [7, 11) is 0. The van der Waals surface area contributed by atoms with Gasteiger partial charge in [-0.1, -0.05) is 25.2 Å². The highest BCUT2D eigenvalue weighted by molar-refractivity contribution is 5.79. The highest BCUT2D eigenvalue weighted by Gasteiger charge is 2.38. The minimum Gasteiger partial charge on any atom is -0.356 e. The number of hydrogen-bond donors (Lipinski definition) is 2. The number of hydrogen-bond acceptors (Lipinski definition) is 2. The average molecular weight is 250 g/mol. The van der Waals surface area contributed by atoms with Crippen LogP contribution in [0.3, 0.4) is 0 Å². The van der Waals surface area contributed by atoms with Gasteiger partial charge in [0, 0.05) is 19.9 Å². The highest BCUT2D eigenvalue weighted by atomic mass is 16.2. The van der Waals surface area contributed by atoms with Crippen LogP contribution < -0.4 is 10.6 Å². The number of amides is 2. The SMILES string of the molecule is C#CCNC(C)=O.O=C1CC2(CCCCC2)CN1. The molecule has 1 aliphatic carbocycles. The zero-order valence-corrected chi connectivity index (χ0v) is 11.1. The molecule has 0 aromatic heterocycles. The highest BCUT2D eigenvalue weighted by Crippen LogP contribution is 2.40. The lowest BCUT2D eigenvalue weighted by molar-refractivity contribution is -0.120. The van der Waals surface area contributed by atoms with Crippen LogP contribution in [0.25, 0.3) is 0 Å². The number of rotatable bonds is 1. The summed E-state index contributed by atoms with van der Waals surface area (Å²) in [4.78, 5) is 21.0. The van der Waals surface area contributed by atoms with E-state index in [9.17, 15) is 9.59 Å². The zero-order chi connectivity index (χ0) is 13.4. The molecule has 1 saturated carbocycles. The molecule has 0 unspecified atom stereocenters. The number of carbonyl (C=O) groups is 2. The zero-order valence-electron chi connectivity index (χ0n) is 11.1. The van der Waals surface area contributed by atoms with Crippen LogP contribution in [0.4, 0.5) is 0 Å². The van der Waals surface area contributed by atoms with Crippen molar-refractivity contribution in [2.24, 2.45) is 5.41 Å². The van der Waals surface area contributed by atoms with E-state index in [1.165, 1.54) is 39.0 Å². The smallest absolute Gasteiger partial charge is 0.220 e. The Morgan fingerprint density at radius 1 is 1.44 bits per heavy atom. The first-order valence-electron chi connectivity index (χ1n) is 6.53. The van der Waals surface area contributed by atoms with E-state index >= 15 is 0 Å². The van der Waals surface area contributed by atoms with Crippen LogP contribution in [0.15, 0.2) is 0 Å². The molecular weight excluding hydrogens is 228 g/mol. The van der Waals surface area contributed by atoms with Crippen molar-refractivity contribution >= 4 is 11.8 Å². The second kappa shape index (κ2) is 7.05. The Morgan fingerprint density at radius 2 is 2.11 bits per heavy atom. The van der Waals surface area contributed by atoms with Crippen LogP contribution in [0.2, 0.25) is 0 Å². The molecule has 4 heteroatoms. The van der Waals surface area contributed by atoms with Crippen LogP contribution in [0.5, 0.6) is 0 Å². The van der Waals surface area contributed by atoms with E-state index in [1.54, 1.807) is 0 Å². The summed E-state index contributed by atoms with van der Waals surface area (Å²) in [6, 6.07) is 0. The topological polar surface area (TPSA) is 58.2 Å². The maximum absolute atomic E-state index is 11.0. The van der Waals surface area contributed by atoms with E-state index < -0.39 is 0 Å². The van der Waals surface area contributed by atoms with E-state index in [0.717, 1.165) is 13.0 Å². The standard InChI is InChI=1S/C9H15NO.C5H7NO/c11-8-6-9(7-10-8)4-2-1-3-5-9;1-3-4-6-5(2)7/h1-7H2,(H,10,11);1H,4H2,2H3,(H,6,7). The van der Waals surface area contributed by atoms with Crippen molar-refractivity contribution < 1.29 is 9.59 Å². The van der Waals surface area contributed by atoms with E-state index in [2.05, 4.69) is 16.6 Å². The average Bonchev–Trinajstić information content (AvgIpc) is 2.69. The first-order chi connectivity index (χ1) is 8.58. The molecule has 18 heavy (non-hydrogen) atoms. The third-order valence-electron chi connectivity index (χ3n) is 3.55. The molecule has 2 amide bonds. The Morgan fingerprint density at radius 3 is 2.50 bits per heavy atom. The lowest BCUT2D eigenvalue weighted by Crippen LogP contribution is -2.26. The minimum atomic E-state index is -0.0852. The van der Waals surface area contributed by atoms with Crippen molar-refractivity contribution in [3.05, 3.63) is 0 Å². The van der Waals surface area contributed by atoms with Crippen molar-refractivity contribution in [2.45, 2.75) is 45.4 Å². The van der Waals surface area contributed by atoms with Crippen molar-refractivity contribution in [3.63, 3.8) is 0 Å². The van der Waals surface area contributed by atoms with Crippen molar-refractivity contribution in [2.75, 3.05) is 13.1 Å². The summed E-state index contributed by atoms with van der Waals surface area (Å²) >= 11 is 0. The third kappa shape index (κ3) is 4.79. The number of nitrogens with one attached hydrogen (secondary N) is 2. The molecule has 2 aliphatic rings. The van der Waals surface area contributed by atoms with E-state index in [4.69, 9.17) is 6.42 Å². The third-order valence-corrected chi connectivity index (χ3v) is 3.55. The lowest BCUT2D eigenvalue weighted by Gasteiger charge is -2.31. The van der Waals surface area contributed by atoms with Gasteiger partial charge in [-0.3, -0.25) is 9.59 Å². The summed E-state index contributed by atoms with van der Waals surface area (Å²) < 4.78 is 0. The van der Waals surface area contributed by atoms with Gasteiger partial charge in [0.25, 0.3) is 0 Å². The molecule has 100 valence electrons. The van der Waals surface area contributed by atoms with E-state index in [-0.39, 0.29) is 11.8 Å². The van der Waals surface area contributed by atoms with Crippen molar-refractivity contribution in [3.8, 4) is 12.3 Å². The Bertz CT molecular complexity index is 338. The molecule has 4 nitrogen and oxygen atoms in total. The van der Waals surface area contributed by atoms with Gasteiger partial charge in [0.1, 0.15) is 0 Å². The Labute approximate surface area is 109 Å². The fraction of sp³-hybridized carbons (Fsp3) is 0.714. The molecule has 1 spiro atoms. The second-order valence-corrected chi connectivity index (χ2v) is 5.13. The molecule has 0 radical (unpaired) electrons. The monoisotopic (exact) mass is 250 g/mol. The van der Waals surface area contributed by atoms with Crippen LogP contribution >= 0.6 is 0 Å². The fourth-order valence-electron chi connectivity index (χ4n) is 2.58. The lowest BCUT2D eigenvalue weighted by atomic mass is 9.73. The van der Waals surface area contributed by atoms with Crippen LogP contribution in [-0.2, 0) is 9.59 Å². The van der Waals surface area contributed by atoms with Gasteiger partial charge in [0.15, 0.2) is 0 Å². The summed E-state index contributed by atoms with van der Waals surface area (Å²) in [5, 5.41) is 5.36. The molecule has 0 aromatic carbocycles. The van der Waals surface area contributed by atoms with Gasteiger partial charge in [-0.05, 0) is 18.3 Å². The quantitative estimate of drug-likeness (QED) is 0.687. The fourth-order valence-corrected chi connectivity index (χ4v) is 2.58. The van der Waals surface area contributed by atoms with Gasteiger partial charge in [-0.25, -0.2) is 0 Å². The molecule has 0 atom stereocenters. The van der Waals surface area contributed by atoms with Crippen LogP contribution in [0.1, 0.15) is 45.4 Å². The van der Waals surface area contributed by atoms with Gasteiger partial charge >= 0.3 is 0 Å². The van der Waals surface area contributed by atoms with Gasteiger partial charge < -0.3 is 10.6 Å². The first-order valence-corrected chi connectivity index (χ1v) is 6.53. The molecule has 1 saturated heterocycles. The van der Waals surface area contributed by atoms with Gasteiger partial charge in [-0.2, -0.15) is 0 Å². The summed E-state index contributed by atoms with van der Waals surface area (Å²) in [6.45, 7) is 2.71. The van der Waals surface area contributed by atoms with Gasteiger partial charge in [0.2, 0.25) is 11.8 Å². The van der Waals surface area contributed by atoms with Crippen LogP contribution in [-0.4, -0.2) is 24.9 Å². The Balaban J connectivity index is 0.000000203. The predicted molar refractivity (Wildman–Crippen MR) is 70.7 cm³/mol. The largest absolute Gasteiger partial charge is 0.356 e. The predicted octanol–water partition coefficient (Wildman–Crippen LogP) is 1.21. The molecule has 2 N–H and O–H groups in total. The minimum absolute atomic E-state index is 0.0852. The maximum atomic E-state index is 11.0.